The zero-order chi connectivity index (χ0) is 22.4. The van der Waals surface area contributed by atoms with Gasteiger partial charge in [0, 0.05) is 5.56 Å². The van der Waals surface area contributed by atoms with E-state index in [2.05, 4.69) is 25.0 Å². The Morgan fingerprint density at radius 2 is 1.71 bits per heavy atom. The van der Waals surface area contributed by atoms with Crippen molar-refractivity contribution in [3.63, 3.8) is 0 Å². The van der Waals surface area contributed by atoms with Gasteiger partial charge in [-0.05, 0) is 56.3 Å². The number of hydrogen-bond acceptors (Lipinski definition) is 7. The van der Waals surface area contributed by atoms with Crippen molar-refractivity contribution in [3.05, 3.63) is 42.2 Å². The second-order valence-electron chi connectivity index (χ2n) is 6.76. The first-order valence-corrected chi connectivity index (χ1v) is 9.52. The molecule has 31 heavy (non-hydrogen) atoms. The highest BCUT2D eigenvalue weighted by molar-refractivity contribution is 6.06. The quantitative estimate of drug-likeness (QED) is 0.578. The normalized spacial score (nSPS) is 13.9. The van der Waals surface area contributed by atoms with Gasteiger partial charge in [0.2, 0.25) is 0 Å². The maximum Gasteiger partial charge on any atom is 0.573 e. The van der Waals surface area contributed by atoms with Gasteiger partial charge in [0.15, 0.2) is 5.82 Å². The van der Waals surface area contributed by atoms with Crippen molar-refractivity contribution in [2.45, 2.75) is 25.6 Å². The summed E-state index contributed by atoms with van der Waals surface area (Å²) in [6, 6.07) is 6.36. The number of pyridine rings is 1. The molecule has 0 aliphatic carbocycles. The number of benzene rings is 1. The zero-order valence-electron chi connectivity index (χ0n) is 16.4. The molecule has 1 fully saturated rings. The lowest BCUT2D eigenvalue weighted by molar-refractivity contribution is -0.274. The van der Waals surface area contributed by atoms with Crippen LogP contribution in [-0.2, 0) is 0 Å². The van der Waals surface area contributed by atoms with Crippen molar-refractivity contribution in [1.29, 1.82) is 0 Å². The van der Waals surface area contributed by atoms with Gasteiger partial charge in [0.25, 0.3) is 5.91 Å². The number of alkyl halides is 3. The number of rotatable bonds is 3. The van der Waals surface area contributed by atoms with Crippen LogP contribution < -0.4 is 21.5 Å². The molecule has 3 heterocycles. The predicted octanol–water partition coefficient (Wildman–Crippen LogP) is 3.03. The molecule has 1 aliphatic heterocycles. The van der Waals surface area contributed by atoms with Gasteiger partial charge >= 0.3 is 6.36 Å². The van der Waals surface area contributed by atoms with Gasteiger partial charge in [0.1, 0.15) is 23.1 Å². The van der Waals surface area contributed by atoms with E-state index in [1.165, 1.54) is 56.9 Å². The summed E-state index contributed by atoms with van der Waals surface area (Å²) in [5.74, 6) is -1.08. The first kappa shape index (κ1) is 22.2. The van der Waals surface area contributed by atoms with Gasteiger partial charge in [-0.2, -0.15) is 0 Å². The summed E-state index contributed by atoms with van der Waals surface area (Å²) in [4.78, 5) is 23.7. The number of hydrogen-bond donors (Lipinski definition) is 3. The Morgan fingerprint density at radius 3 is 2.23 bits per heavy atom. The van der Waals surface area contributed by atoms with Crippen LogP contribution in [0.25, 0.3) is 22.3 Å². The summed E-state index contributed by atoms with van der Waals surface area (Å²) in [6.07, 6.45) is 0.607. The summed E-state index contributed by atoms with van der Waals surface area (Å²) in [5.41, 5.74) is 12.3. The van der Waals surface area contributed by atoms with Crippen molar-refractivity contribution in [2.24, 2.45) is 5.73 Å². The Hall–Kier alpha value is -3.47. The summed E-state index contributed by atoms with van der Waals surface area (Å²) in [6.45, 7) is 2.50. The largest absolute Gasteiger partial charge is 0.573 e. The number of nitrogens with two attached hydrogens (primary N) is 2. The highest BCUT2D eigenvalue weighted by Crippen LogP contribution is 2.28. The summed E-state index contributed by atoms with van der Waals surface area (Å²) >= 11 is 0. The number of primary amides is 1. The van der Waals surface area contributed by atoms with Gasteiger partial charge < -0.3 is 21.5 Å². The van der Waals surface area contributed by atoms with Crippen LogP contribution in [0.1, 0.15) is 29.6 Å². The molecule has 4 rings (SSSR count). The number of aromatic nitrogens is 3. The second kappa shape index (κ2) is 9.56. The lowest BCUT2D eigenvalue weighted by Crippen LogP contribution is -2.21. The number of nitrogens with one attached hydrogen (secondary N) is 1. The molecule has 0 unspecified atom stereocenters. The molecule has 0 radical (unpaired) electrons. The lowest BCUT2D eigenvalue weighted by atomic mass is 10.1. The average molecular weight is 434 g/mol. The minimum Gasteiger partial charge on any atom is -0.406 e. The highest BCUT2D eigenvalue weighted by atomic mass is 19.4. The number of nitrogen functional groups attached to an aromatic ring is 1. The molecule has 164 valence electrons. The van der Waals surface area contributed by atoms with Crippen molar-refractivity contribution in [2.75, 3.05) is 18.8 Å². The Labute approximate surface area is 175 Å². The number of ether oxygens (including phenoxy) is 1. The fourth-order valence-corrected chi connectivity index (χ4v) is 3.02. The van der Waals surface area contributed by atoms with Crippen molar-refractivity contribution in [1.82, 2.24) is 20.3 Å². The molecule has 5 N–H and O–H groups in total. The molecular weight excluding hydrogens is 413 g/mol. The van der Waals surface area contributed by atoms with E-state index in [1.54, 1.807) is 0 Å². The SMILES string of the molecule is C1CCNCC1.NC(=O)c1cc(-c2ccc(OC(F)(F)F)cc2)nc2c(N)ncnc12. The maximum absolute atomic E-state index is 12.2. The van der Waals surface area contributed by atoms with Crippen LogP contribution >= 0.6 is 0 Å². The minimum absolute atomic E-state index is 0.0476. The van der Waals surface area contributed by atoms with E-state index in [1.807, 2.05) is 0 Å². The average Bonchev–Trinajstić information content (AvgIpc) is 2.74. The van der Waals surface area contributed by atoms with Crippen molar-refractivity contribution in [3.8, 4) is 17.0 Å². The van der Waals surface area contributed by atoms with Gasteiger partial charge in [-0.1, -0.05) is 6.42 Å². The van der Waals surface area contributed by atoms with Crippen LogP contribution in [0.15, 0.2) is 36.7 Å². The van der Waals surface area contributed by atoms with Gasteiger partial charge in [-0.3, -0.25) is 4.79 Å². The number of fused-ring (bicyclic) bond motifs is 1. The Kier molecular flexibility index (Phi) is 6.85. The van der Waals surface area contributed by atoms with Crippen LogP contribution in [0.3, 0.4) is 0 Å². The van der Waals surface area contributed by atoms with Crippen LogP contribution in [0.5, 0.6) is 5.75 Å². The first-order valence-electron chi connectivity index (χ1n) is 9.52. The molecule has 0 atom stereocenters. The van der Waals surface area contributed by atoms with Crippen molar-refractivity contribution >= 4 is 22.8 Å². The number of nitrogens with zero attached hydrogens (tertiary/aromatic N) is 3. The van der Waals surface area contributed by atoms with E-state index in [4.69, 9.17) is 11.5 Å². The number of carbonyl (C=O) groups excluding carboxylic acids is 1. The zero-order valence-corrected chi connectivity index (χ0v) is 16.4. The Bertz CT molecular complexity index is 1040. The molecule has 0 bridgehead atoms. The van der Waals surface area contributed by atoms with Crippen LogP contribution in [0, 0.1) is 0 Å². The van der Waals surface area contributed by atoms with Gasteiger partial charge in [-0.25, -0.2) is 15.0 Å². The minimum atomic E-state index is -4.78. The predicted molar refractivity (Wildman–Crippen MR) is 109 cm³/mol. The fraction of sp³-hybridized carbons (Fsp3) is 0.300. The summed E-state index contributed by atoms with van der Waals surface area (Å²) < 4.78 is 40.4. The molecule has 2 aromatic heterocycles. The molecule has 8 nitrogen and oxygen atoms in total. The molecule has 1 amide bonds. The van der Waals surface area contributed by atoms with Crippen molar-refractivity contribution < 1.29 is 22.7 Å². The molecule has 1 aliphatic rings. The Morgan fingerprint density at radius 1 is 1.03 bits per heavy atom. The van der Waals surface area contributed by atoms with E-state index >= 15 is 0 Å². The molecule has 1 saturated heterocycles. The lowest BCUT2D eigenvalue weighted by Gasteiger charge is -2.10. The highest BCUT2D eigenvalue weighted by Gasteiger charge is 2.31. The topological polar surface area (TPSA) is 129 Å². The standard InChI is InChI=1S/C15H10F3N5O2.C5H11N/c16-15(17,18)25-8-3-1-7(2-4-8)10-5-9(14(20)24)11-12(23-10)13(19)22-6-21-11;1-2-4-6-5-3-1/h1-6H,(H2,20,24)(H2,19,21,22);6H,1-5H2. The second-order valence-corrected chi connectivity index (χ2v) is 6.76. The number of carbonyl (C=O) groups is 1. The third-order valence-electron chi connectivity index (χ3n) is 4.48. The third kappa shape index (κ3) is 6.01. The Balaban J connectivity index is 0.000000391. The van der Waals surface area contributed by atoms with Gasteiger partial charge in [0.05, 0.1) is 11.3 Å². The van der Waals surface area contributed by atoms with Crippen LogP contribution in [-0.4, -0.2) is 40.3 Å². The van der Waals surface area contributed by atoms with E-state index in [-0.39, 0.29) is 33.9 Å². The van der Waals surface area contributed by atoms with E-state index in [0.29, 0.717) is 5.56 Å². The van der Waals surface area contributed by atoms with Gasteiger partial charge in [-0.15, -0.1) is 13.2 Å². The molecule has 0 saturated carbocycles. The summed E-state index contributed by atoms with van der Waals surface area (Å²) in [5, 5.41) is 3.28. The smallest absolute Gasteiger partial charge is 0.406 e. The molecular formula is C20H21F3N6O2. The fourth-order valence-electron chi connectivity index (χ4n) is 3.02. The maximum atomic E-state index is 12.2. The number of piperidine rings is 1. The monoisotopic (exact) mass is 434 g/mol. The molecule has 3 aromatic rings. The van der Waals surface area contributed by atoms with Crippen LogP contribution in [0.4, 0.5) is 19.0 Å². The van der Waals surface area contributed by atoms with E-state index in [0.717, 1.165) is 12.1 Å². The van der Waals surface area contributed by atoms with E-state index < -0.39 is 12.3 Å². The number of amides is 1. The van der Waals surface area contributed by atoms with Crippen LogP contribution in [0.2, 0.25) is 0 Å². The third-order valence-corrected chi connectivity index (χ3v) is 4.48. The number of anilines is 1. The number of halogens is 3. The molecule has 1 aromatic carbocycles. The molecule has 0 spiro atoms. The summed E-state index contributed by atoms with van der Waals surface area (Å²) in [7, 11) is 0. The molecule has 11 heteroatoms. The van der Waals surface area contributed by atoms with E-state index in [9.17, 15) is 18.0 Å². The first-order chi connectivity index (χ1) is 14.7.